The summed E-state index contributed by atoms with van der Waals surface area (Å²) in [6, 6.07) is 11.0. The molecule has 1 fully saturated rings. The fourth-order valence-corrected chi connectivity index (χ4v) is 3.51. The van der Waals surface area contributed by atoms with E-state index < -0.39 is 11.6 Å². The number of aryl methyl sites for hydroxylation is 1. The summed E-state index contributed by atoms with van der Waals surface area (Å²) < 4.78 is 32.1. The molecule has 0 atom stereocenters. The van der Waals surface area contributed by atoms with E-state index in [4.69, 9.17) is 4.52 Å². The van der Waals surface area contributed by atoms with E-state index in [9.17, 15) is 13.6 Å². The Bertz CT molecular complexity index is 1030. The van der Waals surface area contributed by atoms with Crippen LogP contribution in [0.1, 0.15) is 24.2 Å². The molecule has 8 heteroatoms. The minimum Gasteiger partial charge on any atom is -0.334 e. The number of hydrogen-bond acceptors (Lipinski definition) is 5. The van der Waals surface area contributed by atoms with Gasteiger partial charge in [-0.05, 0) is 57.1 Å². The monoisotopic (exact) mass is 412 g/mol. The fraction of sp³-hybridized carbons (Fsp3) is 0.318. The van der Waals surface area contributed by atoms with Crippen LogP contribution in [0, 0.1) is 24.5 Å². The Balaban J connectivity index is 1.29. The van der Waals surface area contributed by atoms with E-state index in [-0.39, 0.29) is 17.5 Å². The third-order valence-electron chi connectivity index (χ3n) is 5.28. The maximum Gasteiger partial charge on any atom is 0.257 e. The maximum atomic E-state index is 13.7. The molecule has 6 nitrogen and oxygen atoms in total. The van der Waals surface area contributed by atoms with E-state index in [1.165, 1.54) is 6.07 Å². The molecule has 1 aliphatic heterocycles. The molecule has 30 heavy (non-hydrogen) atoms. The first-order valence-electron chi connectivity index (χ1n) is 9.86. The van der Waals surface area contributed by atoms with Gasteiger partial charge in [0.05, 0.1) is 12.2 Å². The van der Waals surface area contributed by atoms with Gasteiger partial charge in [-0.15, -0.1) is 0 Å². The summed E-state index contributed by atoms with van der Waals surface area (Å²) in [5, 5.41) is 6.61. The Morgan fingerprint density at radius 3 is 2.60 bits per heavy atom. The van der Waals surface area contributed by atoms with Crippen LogP contribution >= 0.6 is 0 Å². The van der Waals surface area contributed by atoms with Crippen LogP contribution in [0.3, 0.4) is 0 Å². The van der Waals surface area contributed by atoms with Crippen LogP contribution in [-0.4, -0.2) is 34.0 Å². The maximum absolute atomic E-state index is 13.7. The van der Waals surface area contributed by atoms with Gasteiger partial charge in [0.25, 0.3) is 5.89 Å². The SMILES string of the molecule is Cc1ccc(-c2nc(CN3CCC(C(=O)Nc4ccc(F)cc4F)CC3)no2)cc1. The van der Waals surface area contributed by atoms with Crippen LogP contribution in [0.15, 0.2) is 47.0 Å². The van der Waals surface area contributed by atoms with Crippen LogP contribution in [0.5, 0.6) is 0 Å². The van der Waals surface area contributed by atoms with Crippen molar-refractivity contribution in [2.45, 2.75) is 26.3 Å². The zero-order chi connectivity index (χ0) is 21.1. The number of anilines is 1. The second kappa shape index (κ2) is 8.71. The molecule has 1 aliphatic rings. The van der Waals surface area contributed by atoms with Crippen molar-refractivity contribution in [3.05, 3.63) is 65.5 Å². The molecule has 0 aliphatic carbocycles. The van der Waals surface area contributed by atoms with Crippen LogP contribution in [-0.2, 0) is 11.3 Å². The van der Waals surface area contributed by atoms with Gasteiger partial charge >= 0.3 is 0 Å². The summed E-state index contributed by atoms with van der Waals surface area (Å²) >= 11 is 0. The molecule has 0 bridgehead atoms. The first-order chi connectivity index (χ1) is 14.5. The molecule has 0 spiro atoms. The number of carbonyl (C=O) groups excluding carboxylic acids is 1. The van der Waals surface area contributed by atoms with E-state index in [1.807, 2.05) is 31.2 Å². The molecule has 0 radical (unpaired) electrons. The van der Waals surface area contributed by atoms with E-state index >= 15 is 0 Å². The van der Waals surface area contributed by atoms with Gasteiger partial charge in [0.15, 0.2) is 5.82 Å². The summed E-state index contributed by atoms with van der Waals surface area (Å²) in [6.45, 7) is 3.94. The second-order valence-corrected chi connectivity index (χ2v) is 7.55. The van der Waals surface area contributed by atoms with Gasteiger partial charge in [0.1, 0.15) is 11.6 Å². The van der Waals surface area contributed by atoms with Crippen LogP contribution < -0.4 is 5.32 Å². The number of amides is 1. The quantitative estimate of drug-likeness (QED) is 0.681. The first kappa shape index (κ1) is 20.2. The average Bonchev–Trinajstić information content (AvgIpc) is 3.19. The average molecular weight is 412 g/mol. The lowest BCUT2D eigenvalue weighted by atomic mass is 9.96. The topological polar surface area (TPSA) is 71.3 Å². The summed E-state index contributed by atoms with van der Waals surface area (Å²) in [6.07, 6.45) is 1.27. The van der Waals surface area contributed by atoms with E-state index in [0.29, 0.717) is 44.2 Å². The molecule has 1 saturated heterocycles. The summed E-state index contributed by atoms with van der Waals surface area (Å²) in [4.78, 5) is 19.0. The number of benzene rings is 2. The number of nitrogens with one attached hydrogen (secondary N) is 1. The normalized spacial score (nSPS) is 15.3. The standard InChI is InChI=1S/C22H22F2N4O2/c1-14-2-4-16(5-3-14)22-26-20(27-30-22)13-28-10-8-15(9-11-28)21(29)25-19-7-6-17(23)12-18(19)24/h2-7,12,15H,8-11,13H2,1H3,(H,25,29). The van der Waals surface area contributed by atoms with Crippen molar-refractivity contribution < 1.29 is 18.1 Å². The number of nitrogens with zero attached hydrogens (tertiary/aromatic N) is 3. The highest BCUT2D eigenvalue weighted by atomic mass is 19.1. The van der Waals surface area contributed by atoms with Gasteiger partial charge in [-0.3, -0.25) is 9.69 Å². The van der Waals surface area contributed by atoms with Crippen molar-refractivity contribution in [3.8, 4) is 11.5 Å². The van der Waals surface area contributed by atoms with Crippen LogP contribution in [0.25, 0.3) is 11.5 Å². The van der Waals surface area contributed by atoms with Gasteiger partial charge in [0.2, 0.25) is 5.91 Å². The summed E-state index contributed by atoms with van der Waals surface area (Å²) in [7, 11) is 0. The minimum atomic E-state index is -0.776. The largest absolute Gasteiger partial charge is 0.334 e. The van der Waals surface area contributed by atoms with Gasteiger partial charge in [-0.25, -0.2) is 8.78 Å². The highest BCUT2D eigenvalue weighted by Crippen LogP contribution is 2.23. The Kier molecular flexibility index (Phi) is 5.85. The number of halogens is 2. The molecule has 2 aromatic carbocycles. The van der Waals surface area contributed by atoms with Gasteiger partial charge < -0.3 is 9.84 Å². The summed E-state index contributed by atoms with van der Waals surface area (Å²) in [5.74, 6) is -0.837. The second-order valence-electron chi connectivity index (χ2n) is 7.55. The van der Waals surface area contributed by atoms with Crippen molar-refractivity contribution in [1.29, 1.82) is 0 Å². The van der Waals surface area contributed by atoms with Crippen molar-refractivity contribution in [2.75, 3.05) is 18.4 Å². The molecule has 2 heterocycles. The Morgan fingerprint density at radius 2 is 1.90 bits per heavy atom. The predicted molar refractivity (Wildman–Crippen MR) is 107 cm³/mol. The Labute approximate surface area is 172 Å². The molecular weight excluding hydrogens is 390 g/mol. The molecule has 1 amide bonds. The lowest BCUT2D eigenvalue weighted by Crippen LogP contribution is -2.38. The molecule has 3 aromatic rings. The third-order valence-corrected chi connectivity index (χ3v) is 5.28. The van der Waals surface area contributed by atoms with Gasteiger partial charge in [-0.1, -0.05) is 22.9 Å². The van der Waals surface area contributed by atoms with Crippen molar-refractivity contribution in [1.82, 2.24) is 15.0 Å². The molecular formula is C22H22F2N4O2. The van der Waals surface area contributed by atoms with Gasteiger partial charge in [-0.2, -0.15) is 4.98 Å². The highest BCUT2D eigenvalue weighted by Gasteiger charge is 2.26. The first-order valence-corrected chi connectivity index (χ1v) is 9.86. The molecule has 1 N–H and O–H groups in total. The van der Waals surface area contributed by atoms with E-state index in [0.717, 1.165) is 23.3 Å². The van der Waals surface area contributed by atoms with E-state index in [2.05, 4.69) is 20.4 Å². The molecule has 0 unspecified atom stereocenters. The fourth-order valence-electron chi connectivity index (χ4n) is 3.51. The summed E-state index contributed by atoms with van der Waals surface area (Å²) in [5.41, 5.74) is 2.04. The third kappa shape index (κ3) is 4.71. The lowest BCUT2D eigenvalue weighted by Gasteiger charge is -2.30. The number of rotatable bonds is 5. The highest BCUT2D eigenvalue weighted by molar-refractivity contribution is 5.92. The Hall–Kier alpha value is -3.13. The van der Waals surface area contributed by atoms with Crippen LogP contribution in [0.4, 0.5) is 14.5 Å². The number of aromatic nitrogens is 2. The number of likely N-dealkylation sites (tertiary alicyclic amines) is 1. The Morgan fingerprint density at radius 1 is 1.17 bits per heavy atom. The smallest absolute Gasteiger partial charge is 0.257 e. The van der Waals surface area contributed by atoms with Gasteiger partial charge in [0, 0.05) is 17.5 Å². The zero-order valence-electron chi connectivity index (χ0n) is 16.6. The van der Waals surface area contributed by atoms with Crippen LogP contribution in [0.2, 0.25) is 0 Å². The minimum absolute atomic E-state index is 0.000683. The lowest BCUT2D eigenvalue weighted by molar-refractivity contribution is -0.121. The molecule has 0 saturated carbocycles. The predicted octanol–water partition coefficient (Wildman–Crippen LogP) is 4.17. The van der Waals surface area contributed by atoms with E-state index in [1.54, 1.807) is 0 Å². The molecule has 156 valence electrons. The van der Waals surface area contributed by atoms with Crippen molar-refractivity contribution in [2.24, 2.45) is 5.92 Å². The molecule has 1 aromatic heterocycles. The van der Waals surface area contributed by atoms with Crippen molar-refractivity contribution >= 4 is 11.6 Å². The molecule has 4 rings (SSSR count). The number of hydrogen-bond donors (Lipinski definition) is 1. The zero-order valence-corrected chi connectivity index (χ0v) is 16.6. The number of piperidine rings is 1. The van der Waals surface area contributed by atoms with Crippen molar-refractivity contribution in [3.63, 3.8) is 0 Å². The number of carbonyl (C=O) groups is 1.